The van der Waals surface area contributed by atoms with E-state index < -0.39 is 0 Å². The van der Waals surface area contributed by atoms with E-state index in [1.54, 1.807) is 18.3 Å². The van der Waals surface area contributed by atoms with Gasteiger partial charge in [0.05, 0.1) is 18.7 Å². The number of carbonyl (C=O) groups is 1. The van der Waals surface area contributed by atoms with Crippen LogP contribution in [0, 0.1) is 0 Å². The molecule has 5 heteroatoms. The lowest BCUT2D eigenvalue weighted by Gasteiger charge is -2.08. The quantitative estimate of drug-likeness (QED) is 0.760. The zero-order valence-electron chi connectivity index (χ0n) is 11.8. The van der Waals surface area contributed by atoms with Crippen molar-refractivity contribution in [1.82, 2.24) is 10.3 Å². The molecule has 0 saturated heterocycles. The molecule has 21 heavy (non-hydrogen) atoms. The lowest BCUT2D eigenvalue weighted by Crippen LogP contribution is -2.27. The van der Waals surface area contributed by atoms with Crippen LogP contribution in [-0.4, -0.2) is 24.0 Å². The molecule has 0 unspecified atom stereocenters. The van der Waals surface area contributed by atoms with Gasteiger partial charge in [-0.3, -0.25) is 9.78 Å². The van der Waals surface area contributed by atoms with Crippen LogP contribution in [0.25, 0.3) is 0 Å². The minimum absolute atomic E-state index is 0.0413. The number of nitrogen functional groups attached to an aromatic ring is 1. The molecule has 2 aromatic rings. The van der Waals surface area contributed by atoms with E-state index in [0.29, 0.717) is 31.0 Å². The van der Waals surface area contributed by atoms with Crippen LogP contribution in [0.4, 0.5) is 5.69 Å². The Kier molecular flexibility index (Phi) is 5.58. The maximum atomic E-state index is 11.7. The van der Waals surface area contributed by atoms with Gasteiger partial charge in [-0.2, -0.15) is 0 Å². The first-order valence-electron chi connectivity index (χ1n) is 6.89. The first kappa shape index (κ1) is 14.8. The van der Waals surface area contributed by atoms with Gasteiger partial charge in [0.1, 0.15) is 5.75 Å². The normalized spacial score (nSPS) is 10.1. The van der Waals surface area contributed by atoms with Crippen LogP contribution in [0.5, 0.6) is 5.75 Å². The van der Waals surface area contributed by atoms with Gasteiger partial charge < -0.3 is 15.8 Å². The average Bonchev–Trinajstić information content (AvgIpc) is 2.50. The second kappa shape index (κ2) is 7.89. The van der Waals surface area contributed by atoms with E-state index in [1.807, 2.05) is 30.3 Å². The van der Waals surface area contributed by atoms with Gasteiger partial charge in [0.25, 0.3) is 0 Å². The molecule has 0 aliphatic carbocycles. The number of nitrogens with zero attached hydrogens (tertiary/aromatic N) is 1. The molecular formula is C16H19N3O2. The van der Waals surface area contributed by atoms with Crippen LogP contribution in [0.2, 0.25) is 0 Å². The number of hydrogen-bond donors (Lipinski definition) is 2. The van der Waals surface area contributed by atoms with Crippen molar-refractivity contribution in [2.45, 2.75) is 12.8 Å². The fourth-order valence-corrected chi connectivity index (χ4v) is 1.83. The van der Waals surface area contributed by atoms with E-state index in [2.05, 4.69) is 10.3 Å². The van der Waals surface area contributed by atoms with Crippen LogP contribution in [0.15, 0.2) is 48.7 Å². The molecule has 1 heterocycles. The highest BCUT2D eigenvalue weighted by Crippen LogP contribution is 2.19. The van der Waals surface area contributed by atoms with E-state index in [1.165, 1.54) is 0 Å². The van der Waals surface area contributed by atoms with Crippen molar-refractivity contribution >= 4 is 11.6 Å². The predicted molar refractivity (Wildman–Crippen MR) is 81.9 cm³/mol. The van der Waals surface area contributed by atoms with Gasteiger partial charge in [0.2, 0.25) is 5.91 Å². The maximum Gasteiger partial charge on any atom is 0.223 e. The number of nitrogens with one attached hydrogen (secondary N) is 1. The summed E-state index contributed by atoms with van der Waals surface area (Å²) < 4.78 is 5.47. The van der Waals surface area contributed by atoms with Gasteiger partial charge >= 0.3 is 0 Å². The van der Waals surface area contributed by atoms with Gasteiger partial charge in [0, 0.05) is 24.9 Å². The molecule has 5 nitrogen and oxygen atoms in total. The molecule has 0 aliphatic rings. The third-order valence-electron chi connectivity index (χ3n) is 2.94. The number of benzene rings is 1. The number of anilines is 1. The molecule has 2 rings (SSSR count). The third kappa shape index (κ3) is 5.14. The number of carbonyl (C=O) groups excluding carboxylic acids is 1. The van der Waals surface area contributed by atoms with Crippen LogP contribution in [-0.2, 0) is 11.2 Å². The molecule has 0 bridgehead atoms. The van der Waals surface area contributed by atoms with Crippen molar-refractivity contribution in [3.8, 4) is 5.75 Å². The van der Waals surface area contributed by atoms with E-state index in [4.69, 9.17) is 10.5 Å². The molecular weight excluding hydrogens is 266 g/mol. The number of nitrogens with two attached hydrogens (primary N) is 1. The monoisotopic (exact) mass is 285 g/mol. The first-order valence-corrected chi connectivity index (χ1v) is 6.89. The summed E-state index contributed by atoms with van der Waals surface area (Å²) in [5.74, 6) is 0.569. The van der Waals surface area contributed by atoms with E-state index >= 15 is 0 Å². The average molecular weight is 285 g/mol. The Labute approximate surface area is 124 Å². The van der Waals surface area contributed by atoms with Crippen LogP contribution >= 0.6 is 0 Å². The summed E-state index contributed by atoms with van der Waals surface area (Å²) in [6, 6.07) is 13.0. The van der Waals surface area contributed by atoms with Crippen molar-refractivity contribution < 1.29 is 9.53 Å². The van der Waals surface area contributed by atoms with Gasteiger partial charge in [-0.05, 0) is 24.3 Å². The Balaban J connectivity index is 1.63. The number of aromatic nitrogens is 1. The van der Waals surface area contributed by atoms with E-state index in [-0.39, 0.29) is 5.91 Å². The molecule has 1 amide bonds. The number of rotatable bonds is 7. The van der Waals surface area contributed by atoms with Crippen LogP contribution < -0.4 is 15.8 Å². The van der Waals surface area contributed by atoms with E-state index in [9.17, 15) is 4.79 Å². The standard InChI is InChI=1S/C16H19N3O2/c17-14-6-1-2-7-15(14)21-12-9-16(20)19-11-8-13-5-3-4-10-18-13/h1-7,10H,8-9,11-12,17H2,(H,19,20). The number of pyridine rings is 1. The van der Waals surface area contributed by atoms with Crippen molar-refractivity contribution in [3.05, 3.63) is 54.4 Å². The van der Waals surface area contributed by atoms with Gasteiger partial charge in [0.15, 0.2) is 0 Å². The van der Waals surface area contributed by atoms with Crippen molar-refractivity contribution in [3.63, 3.8) is 0 Å². The molecule has 3 N–H and O–H groups in total. The van der Waals surface area contributed by atoms with E-state index in [0.717, 1.165) is 12.1 Å². The predicted octanol–water partition coefficient (Wildman–Crippen LogP) is 1.79. The highest BCUT2D eigenvalue weighted by Gasteiger charge is 2.03. The van der Waals surface area contributed by atoms with Crippen molar-refractivity contribution in [2.24, 2.45) is 0 Å². The number of para-hydroxylation sites is 2. The Morgan fingerprint density at radius 1 is 1.19 bits per heavy atom. The summed E-state index contributed by atoms with van der Waals surface area (Å²) >= 11 is 0. The first-order chi connectivity index (χ1) is 10.3. The molecule has 0 spiro atoms. The SMILES string of the molecule is Nc1ccccc1OCCC(=O)NCCc1ccccn1. The summed E-state index contributed by atoms with van der Waals surface area (Å²) in [5.41, 5.74) is 7.29. The highest BCUT2D eigenvalue weighted by molar-refractivity contribution is 5.76. The third-order valence-corrected chi connectivity index (χ3v) is 2.94. The fourth-order valence-electron chi connectivity index (χ4n) is 1.83. The number of ether oxygens (including phenoxy) is 1. The van der Waals surface area contributed by atoms with Crippen LogP contribution in [0.3, 0.4) is 0 Å². The molecule has 0 fully saturated rings. The lowest BCUT2D eigenvalue weighted by molar-refractivity contribution is -0.121. The van der Waals surface area contributed by atoms with Crippen molar-refractivity contribution in [2.75, 3.05) is 18.9 Å². The lowest BCUT2D eigenvalue weighted by atomic mass is 10.2. The van der Waals surface area contributed by atoms with Crippen molar-refractivity contribution in [1.29, 1.82) is 0 Å². The van der Waals surface area contributed by atoms with Gasteiger partial charge in [-0.1, -0.05) is 18.2 Å². The molecule has 0 aliphatic heterocycles. The molecule has 0 saturated carbocycles. The Morgan fingerprint density at radius 2 is 2.00 bits per heavy atom. The smallest absolute Gasteiger partial charge is 0.223 e. The summed E-state index contributed by atoms with van der Waals surface area (Å²) in [6.45, 7) is 0.882. The fraction of sp³-hybridized carbons (Fsp3) is 0.250. The zero-order valence-corrected chi connectivity index (χ0v) is 11.8. The summed E-state index contributed by atoms with van der Waals surface area (Å²) in [7, 11) is 0. The molecule has 1 aromatic carbocycles. The second-order valence-electron chi connectivity index (χ2n) is 4.56. The molecule has 0 atom stereocenters. The topological polar surface area (TPSA) is 77.2 Å². The minimum atomic E-state index is -0.0413. The number of hydrogen-bond acceptors (Lipinski definition) is 4. The number of amides is 1. The molecule has 1 aromatic heterocycles. The molecule has 110 valence electrons. The van der Waals surface area contributed by atoms with Gasteiger partial charge in [-0.25, -0.2) is 0 Å². The highest BCUT2D eigenvalue weighted by atomic mass is 16.5. The summed E-state index contributed by atoms with van der Waals surface area (Å²) in [6.07, 6.45) is 2.77. The zero-order chi connectivity index (χ0) is 14.9. The van der Waals surface area contributed by atoms with Crippen LogP contribution in [0.1, 0.15) is 12.1 Å². The summed E-state index contributed by atoms with van der Waals surface area (Å²) in [5, 5.41) is 2.84. The molecule has 0 radical (unpaired) electrons. The Hall–Kier alpha value is -2.56. The summed E-state index contributed by atoms with van der Waals surface area (Å²) in [4.78, 5) is 15.9. The second-order valence-corrected chi connectivity index (χ2v) is 4.56. The maximum absolute atomic E-state index is 11.7. The largest absolute Gasteiger partial charge is 0.491 e. The minimum Gasteiger partial charge on any atom is -0.491 e. The Bertz CT molecular complexity index is 573. The van der Waals surface area contributed by atoms with Gasteiger partial charge in [-0.15, -0.1) is 0 Å². The Morgan fingerprint density at radius 3 is 2.76 bits per heavy atom.